The Morgan fingerprint density at radius 2 is 1.97 bits per heavy atom. The van der Waals surface area contributed by atoms with Gasteiger partial charge in [-0.3, -0.25) is 4.90 Å². The summed E-state index contributed by atoms with van der Waals surface area (Å²) >= 11 is 6.10. The smallest absolute Gasteiger partial charge is 0.175 e. The Labute approximate surface area is 177 Å². The van der Waals surface area contributed by atoms with Crippen LogP contribution in [0.4, 0.5) is 0 Å². The number of hydrogen-bond donors (Lipinski definition) is 0. The molecule has 0 radical (unpaired) electrons. The fraction of sp³-hybridized carbons (Fsp3) is 0.409. The van der Waals surface area contributed by atoms with E-state index in [1.807, 2.05) is 12.1 Å². The van der Waals surface area contributed by atoms with Gasteiger partial charge in [-0.15, -0.1) is 0 Å². The average molecular weight is 433 g/mol. The van der Waals surface area contributed by atoms with Gasteiger partial charge in [-0.2, -0.15) is 5.26 Å². The second kappa shape index (κ2) is 9.17. The van der Waals surface area contributed by atoms with Gasteiger partial charge >= 0.3 is 0 Å². The number of nitriles is 1. The van der Waals surface area contributed by atoms with Crippen molar-refractivity contribution in [2.75, 3.05) is 26.0 Å². The van der Waals surface area contributed by atoms with E-state index in [9.17, 15) is 8.42 Å². The van der Waals surface area contributed by atoms with Crippen molar-refractivity contribution in [3.63, 3.8) is 0 Å². The molecule has 0 aliphatic carbocycles. The third-order valence-corrected chi connectivity index (χ3v) is 6.65. The van der Waals surface area contributed by atoms with Crippen molar-refractivity contribution in [2.45, 2.75) is 30.7 Å². The molecule has 0 N–H and O–H groups in total. The lowest BCUT2D eigenvalue weighted by Gasteiger charge is -2.21. The summed E-state index contributed by atoms with van der Waals surface area (Å²) in [4.78, 5) is 2.74. The molecule has 2 atom stereocenters. The lowest BCUT2D eigenvalue weighted by molar-refractivity contribution is 0.234. The summed E-state index contributed by atoms with van der Waals surface area (Å²) in [5, 5.41) is 9.69. The molecule has 3 rings (SSSR count). The molecule has 0 bridgehead atoms. The topological polar surface area (TPSA) is 70.4 Å². The van der Waals surface area contributed by atoms with Crippen LogP contribution in [0.5, 0.6) is 5.75 Å². The van der Waals surface area contributed by atoms with Gasteiger partial charge in [0.15, 0.2) is 9.84 Å². The molecular formula is C22H25ClN2O3S. The summed E-state index contributed by atoms with van der Waals surface area (Å²) in [5.41, 5.74) is 1.67. The highest BCUT2D eigenvalue weighted by Gasteiger charge is 2.29. The fourth-order valence-corrected chi connectivity index (χ4v) is 4.67. The number of likely N-dealkylation sites (tertiary alicyclic amines) is 1. The first-order chi connectivity index (χ1) is 13.7. The van der Waals surface area contributed by atoms with E-state index in [-0.39, 0.29) is 0 Å². The fourth-order valence-electron chi connectivity index (χ4n) is 3.78. The molecule has 2 aromatic rings. The normalized spacial score (nSPS) is 19.8. The molecule has 2 aromatic carbocycles. The molecular weight excluding hydrogens is 408 g/mol. The van der Waals surface area contributed by atoms with Crippen molar-refractivity contribution in [1.29, 1.82) is 5.26 Å². The summed E-state index contributed by atoms with van der Waals surface area (Å²) in [7, 11) is -3.19. The van der Waals surface area contributed by atoms with E-state index in [2.05, 4.69) is 17.9 Å². The van der Waals surface area contributed by atoms with Gasteiger partial charge in [0, 0.05) is 36.3 Å². The van der Waals surface area contributed by atoms with E-state index in [0.717, 1.165) is 31.5 Å². The van der Waals surface area contributed by atoms with Crippen molar-refractivity contribution in [2.24, 2.45) is 5.92 Å². The monoisotopic (exact) mass is 432 g/mol. The SMILES string of the molecule is CC1CC(COc2ccc(S(C)(=O)=O)cc2)CN1CCc1cc(Cl)cc(C#N)c1. The maximum absolute atomic E-state index is 11.5. The molecule has 154 valence electrons. The number of sulfone groups is 1. The minimum absolute atomic E-state index is 0.297. The molecule has 5 nitrogen and oxygen atoms in total. The van der Waals surface area contributed by atoms with Crippen molar-refractivity contribution >= 4 is 21.4 Å². The number of benzene rings is 2. The van der Waals surface area contributed by atoms with E-state index in [1.165, 1.54) is 6.26 Å². The first-order valence-corrected chi connectivity index (χ1v) is 11.9. The maximum Gasteiger partial charge on any atom is 0.175 e. The standard InChI is InChI=1S/C22H25ClN2O3S/c1-16-9-19(15-28-21-3-5-22(6-4-21)29(2,26)27)14-25(16)8-7-17-10-18(13-24)12-20(23)11-17/h3-6,10-12,16,19H,7-9,14-15H2,1-2H3. The van der Waals surface area contributed by atoms with Gasteiger partial charge in [0.05, 0.1) is 23.1 Å². The van der Waals surface area contributed by atoms with Crippen LogP contribution in [-0.4, -0.2) is 45.3 Å². The molecule has 1 aliphatic heterocycles. The van der Waals surface area contributed by atoms with Crippen molar-refractivity contribution in [1.82, 2.24) is 4.90 Å². The summed E-state index contributed by atoms with van der Waals surface area (Å²) in [6.45, 7) is 4.69. The molecule has 0 amide bonds. The van der Waals surface area contributed by atoms with Crippen LogP contribution in [0.1, 0.15) is 24.5 Å². The maximum atomic E-state index is 11.5. The number of halogens is 1. The van der Waals surface area contributed by atoms with Crippen LogP contribution in [0, 0.1) is 17.2 Å². The second-order valence-corrected chi connectivity index (χ2v) is 10.2. The van der Waals surface area contributed by atoms with Crippen LogP contribution in [0.3, 0.4) is 0 Å². The van der Waals surface area contributed by atoms with Crippen LogP contribution >= 0.6 is 11.6 Å². The average Bonchev–Trinajstić information content (AvgIpc) is 3.03. The quantitative estimate of drug-likeness (QED) is 0.662. The highest BCUT2D eigenvalue weighted by molar-refractivity contribution is 7.90. The van der Waals surface area contributed by atoms with Gasteiger partial charge in [-0.25, -0.2) is 8.42 Å². The molecule has 1 aliphatic rings. The molecule has 1 fully saturated rings. The van der Waals surface area contributed by atoms with Crippen molar-refractivity contribution in [3.8, 4) is 11.8 Å². The van der Waals surface area contributed by atoms with E-state index in [1.54, 1.807) is 30.3 Å². The van der Waals surface area contributed by atoms with Crippen LogP contribution in [0.25, 0.3) is 0 Å². The van der Waals surface area contributed by atoms with Crippen LogP contribution in [0.2, 0.25) is 5.02 Å². The van der Waals surface area contributed by atoms with Gasteiger partial charge in [-0.05, 0) is 67.8 Å². The third-order valence-electron chi connectivity index (χ3n) is 5.30. The molecule has 29 heavy (non-hydrogen) atoms. The molecule has 0 saturated carbocycles. The van der Waals surface area contributed by atoms with E-state index >= 15 is 0 Å². The molecule has 1 heterocycles. The third kappa shape index (κ3) is 5.96. The Balaban J connectivity index is 1.51. The molecule has 1 saturated heterocycles. The van der Waals surface area contributed by atoms with Crippen molar-refractivity contribution < 1.29 is 13.2 Å². The Hall–Kier alpha value is -2.07. The largest absolute Gasteiger partial charge is 0.493 e. The zero-order valence-electron chi connectivity index (χ0n) is 16.6. The highest BCUT2D eigenvalue weighted by Crippen LogP contribution is 2.25. The zero-order valence-corrected chi connectivity index (χ0v) is 18.2. The van der Waals surface area contributed by atoms with Crippen LogP contribution < -0.4 is 4.74 Å². The lowest BCUT2D eigenvalue weighted by atomic mass is 10.1. The predicted octanol–water partition coefficient (Wildman–Crippen LogP) is 3.95. The summed E-state index contributed by atoms with van der Waals surface area (Å²) in [6.07, 6.45) is 3.10. The second-order valence-electron chi connectivity index (χ2n) is 7.71. The van der Waals surface area contributed by atoms with Gasteiger partial charge in [0.2, 0.25) is 0 Å². The zero-order chi connectivity index (χ0) is 21.0. The van der Waals surface area contributed by atoms with Crippen molar-refractivity contribution in [3.05, 3.63) is 58.6 Å². The Kier molecular flexibility index (Phi) is 6.84. The van der Waals surface area contributed by atoms with Gasteiger partial charge in [-0.1, -0.05) is 11.6 Å². The Morgan fingerprint density at radius 3 is 2.62 bits per heavy atom. The van der Waals surface area contributed by atoms with E-state index < -0.39 is 9.84 Å². The summed E-state index contributed by atoms with van der Waals surface area (Å²) in [5.74, 6) is 1.11. The molecule has 7 heteroatoms. The molecule has 0 aromatic heterocycles. The highest BCUT2D eigenvalue weighted by atomic mass is 35.5. The minimum atomic E-state index is -3.19. The first kappa shape index (κ1) is 21.6. The lowest BCUT2D eigenvalue weighted by Crippen LogP contribution is -2.29. The number of ether oxygens (including phenoxy) is 1. The number of hydrogen-bond acceptors (Lipinski definition) is 5. The summed E-state index contributed by atoms with van der Waals surface area (Å²) in [6, 6.07) is 14.7. The van der Waals surface area contributed by atoms with Crippen LogP contribution in [0.15, 0.2) is 47.4 Å². The first-order valence-electron chi connectivity index (χ1n) is 9.61. The van der Waals surface area contributed by atoms with E-state index in [0.29, 0.717) is 39.8 Å². The van der Waals surface area contributed by atoms with Crippen LogP contribution in [-0.2, 0) is 16.3 Å². The van der Waals surface area contributed by atoms with Gasteiger partial charge < -0.3 is 4.74 Å². The molecule has 2 unspecified atom stereocenters. The summed E-state index contributed by atoms with van der Waals surface area (Å²) < 4.78 is 29.0. The van der Waals surface area contributed by atoms with Gasteiger partial charge in [0.1, 0.15) is 5.75 Å². The molecule has 0 spiro atoms. The Bertz CT molecular complexity index is 1000. The van der Waals surface area contributed by atoms with Gasteiger partial charge in [0.25, 0.3) is 0 Å². The minimum Gasteiger partial charge on any atom is -0.493 e. The van der Waals surface area contributed by atoms with E-state index in [4.69, 9.17) is 21.6 Å². The predicted molar refractivity (Wildman–Crippen MR) is 114 cm³/mol. The number of rotatable bonds is 7. The number of nitrogens with zero attached hydrogens (tertiary/aromatic N) is 2. The Morgan fingerprint density at radius 1 is 1.24 bits per heavy atom.